The van der Waals surface area contributed by atoms with Gasteiger partial charge in [0.2, 0.25) is 0 Å². The molecule has 0 aromatic rings. The molecule has 3 N–H and O–H groups in total. The lowest BCUT2D eigenvalue weighted by Crippen LogP contribution is -2.37. The molecule has 0 aliphatic rings. The van der Waals surface area contributed by atoms with E-state index in [0.717, 1.165) is 25.7 Å². The quantitative estimate of drug-likeness (QED) is 0.511. The molecule has 0 bridgehead atoms. The molecule has 2 amide bonds. The van der Waals surface area contributed by atoms with Crippen molar-refractivity contribution in [2.24, 2.45) is 11.8 Å². The maximum atomic E-state index is 11.5. The van der Waals surface area contributed by atoms with E-state index in [4.69, 9.17) is 5.11 Å². The van der Waals surface area contributed by atoms with E-state index in [2.05, 4.69) is 31.4 Å². The predicted molar refractivity (Wildman–Crippen MR) is 80.7 cm³/mol. The van der Waals surface area contributed by atoms with Gasteiger partial charge in [0.1, 0.15) is 0 Å². The van der Waals surface area contributed by atoms with Gasteiger partial charge in [0, 0.05) is 19.5 Å². The molecule has 1 unspecified atom stereocenters. The summed E-state index contributed by atoms with van der Waals surface area (Å²) in [6.45, 7) is 7.71. The third kappa shape index (κ3) is 11.8. The van der Waals surface area contributed by atoms with Crippen LogP contribution in [0.15, 0.2) is 0 Å². The Hall–Kier alpha value is -1.26. The Bertz CT molecular complexity index is 280. The molecule has 0 aliphatic heterocycles. The van der Waals surface area contributed by atoms with Crippen molar-refractivity contribution in [2.45, 2.75) is 59.3 Å². The summed E-state index contributed by atoms with van der Waals surface area (Å²) in [6, 6.07) is -0.123. The Morgan fingerprint density at radius 3 is 2.25 bits per heavy atom. The first-order valence-corrected chi connectivity index (χ1v) is 7.69. The minimum atomic E-state index is -0.751. The van der Waals surface area contributed by atoms with Gasteiger partial charge < -0.3 is 15.7 Å². The summed E-state index contributed by atoms with van der Waals surface area (Å²) in [7, 11) is 0. The molecule has 0 saturated carbocycles. The van der Waals surface area contributed by atoms with E-state index in [-0.39, 0.29) is 12.5 Å². The molecule has 0 saturated heterocycles. The first-order chi connectivity index (χ1) is 9.45. The van der Waals surface area contributed by atoms with Crippen molar-refractivity contribution < 1.29 is 14.7 Å². The van der Waals surface area contributed by atoms with Crippen molar-refractivity contribution in [1.29, 1.82) is 0 Å². The van der Waals surface area contributed by atoms with Crippen LogP contribution in [0.3, 0.4) is 0 Å². The molecule has 0 aromatic heterocycles. The van der Waals surface area contributed by atoms with E-state index in [9.17, 15) is 9.59 Å². The molecule has 0 heterocycles. The summed E-state index contributed by atoms with van der Waals surface area (Å²) >= 11 is 0. The van der Waals surface area contributed by atoms with Crippen molar-refractivity contribution >= 4 is 12.0 Å². The van der Waals surface area contributed by atoms with Crippen LogP contribution in [0.25, 0.3) is 0 Å². The zero-order valence-corrected chi connectivity index (χ0v) is 13.1. The zero-order valence-electron chi connectivity index (χ0n) is 13.1. The molecular formula is C15H30N2O3. The number of aliphatic carboxylic acids is 1. The van der Waals surface area contributed by atoms with Crippen LogP contribution in [0.2, 0.25) is 0 Å². The lowest BCUT2D eigenvalue weighted by Gasteiger charge is -2.14. The number of hydrogen-bond acceptors (Lipinski definition) is 2. The van der Waals surface area contributed by atoms with Crippen molar-refractivity contribution in [1.82, 2.24) is 10.6 Å². The van der Waals surface area contributed by atoms with Crippen LogP contribution < -0.4 is 10.6 Å². The van der Waals surface area contributed by atoms with Crippen molar-refractivity contribution in [3.05, 3.63) is 0 Å². The average molecular weight is 286 g/mol. The highest BCUT2D eigenvalue weighted by molar-refractivity contribution is 5.73. The van der Waals surface area contributed by atoms with Crippen LogP contribution in [0, 0.1) is 11.8 Å². The van der Waals surface area contributed by atoms with Gasteiger partial charge in [-0.3, -0.25) is 4.79 Å². The number of carboxylic acid groups (broad SMARTS) is 1. The summed E-state index contributed by atoms with van der Waals surface area (Å²) in [5.74, 6) is 0.283. The number of carbonyl (C=O) groups is 2. The molecule has 0 aromatic carbocycles. The fraction of sp³-hybridized carbons (Fsp3) is 0.867. The van der Waals surface area contributed by atoms with Gasteiger partial charge in [0.05, 0.1) is 0 Å². The van der Waals surface area contributed by atoms with Crippen LogP contribution in [-0.2, 0) is 4.79 Å². The number of carbonyl (C=O) groups excluding carboxylic acids is 1. The summed E-state index contributed by atoms with van der Waals surface area (Å²) in [5, 5.41) is 14.3. The lowest BCUT2D eigenvalue weighted by atomic mass is 9.97. The van der Waals surface area contributed by atoms with Crippen LogP contribution in [0.5, 0.6) is 0 Å². The summed E-state index contributed by atoms with van der Waals surface area (Å²) in [6.07, 6.45) is 4.80. The predicted octanol–water partition coefficient (Wildman–Crippen LogP) is 3.00. The minimum absolute atomic E-state index is 0.123. The molecule has 118 valence electrons. The Balaban J connectivity index is 3.60. The fourth-order valence-corrected chi connectivity index (χ4v) is 2.04. The van der Waals surface area contributed by atoms with Crippen LogP contribution in [-0.4, -0.2) is 30.2 Å². The maximum absolute atomic E-state index is 11.5. The van der Waals surface area contributed by atoms with Crippen LogP contribution in [0.1, 0.15) is 59.3 Å². The van der Waals surface area contributed by atoms with Crippen LogP contribution in [0.4, 0.5) is 4.79 Å². The SMILES string of the molecule is CCC(CCNC(=O)NCCCC(C)C)CCC(=O)O. The van der Waals surface area contributed by atoms with Gasteiger partial charge in [-0.2, -0.15) is 0 Å². The van der Waals surface area contributed by atoms with E-state index >= 15 is 0 Å². The third-order valence-electron chi connectivity index (χ3n) is 3.43. The second kappa shape index (κ2) is 11.6. The first-order valence-electron chi connectivity index (χ1n) is 7.69. The van der Waals surface area contributed by atoms with Gasteiger partial charge in [-0.15, -0.1) is 0 Å². The second-order valence-electron chi connectivity index (χ2n) is 5.71. The molecule has 0 spiro atoms. The normalized spacial score (nSPS) is 12.2. The molecule has 0 aliphatic carbocycles. The van der Waals surface area contributed by atoms with Crippen molar-refractivity contribution in [3.63, 3.8) is 0 Å². The highest BCUT2D eigenvalue weighted by Crippen LogP contribution is 2.14. The van der Waals surface area contributed by atoms with Crippen molar-refractivity contribution in [3.8, 4) is 0 Å². The smallest absolute Gasteiger partial charge is 0.314 e. The highest BCUT2D eigenvalue weighted by Gasteiger charge is 2.09. The monoisotopic (exact) mass is 286 g/mol. The largest absolute Gasteiger partial charge is 0.481 e. The van der Waals surface area contributed by atoms with Gasteiger partial charge in [-0.05, 0) is 37.5 Å². The van der Waals surface area contributed by atoms with Gasteiger partial charge in [0.15, 0.2) is 0 Å². The number of nitrogens with one attached hydrogen (secondary N) is 2. The Morgan fingerprint density at radius 2 is 1.70 bits per heavy atom. The van der Waals surface area contributed by atoms with E-state index in [1.54, 1.807) is 0 Å². The van der Waals surface area contributed by atoms with E-state index in [1.165, 1.54) is 0 Å². The van der Waals surface area contributed by atoms with Gasteiger partial charge in [-0.1, -0.05) is 27.2 Å². The van der Waals surface area contributed by atoms with Crippen LogP contribution >= 0.6 is 0 Å². The Kier molecular flexibility index (Phi) is 10.8. The number of carboxylic acids is 1. The average Bonchev–Trinajstić information content (AvgIpc) is 2.38. The molecule has 20 heavy (non-hydrogen) atoms. The summed E-state index contributed by atoms with van der Waals surface area (Å²) in [5.41, 5.74) is 0. The topological polar surface area (TPSA) is 78.4 Å². The summed E-state index contributed by atoms with van der Waals surface area (Å²) in [4.78, 5) is 22.0. The zero-order chi connectivity index (χ0) is 15.4. The van der Waals surface area contributed by atoms with Crippen molar-refractivity contribution in [2.75, 3.05) is 13.1 Å². The molecule has 5 nitrogen and oxygen atoms in total. The molecule has 0 rings (SSSR count). The highest BCUT2D eigenvalue weighted by atomic mass is 16.4. The van der Waals surface area contributed by atoms with Gasteiger partial charge in [-0.25, -0.2) is 4.79 Å². The van der Waals surface area contributed by atoms with Gasteiger partial charge >= 0.3 is 12.0 Å². The molecule has 1 atom stereocenters. The lowest BCUT2D eigenvalue weighted by molar-refractivity contribution is -0.137. The molecule has 0 fully saturated rings. The van der Waals surface area contributed by atoms with E-state index in [1.807, 2.05) is 0 Å². The summed E-state index contributed by atoms with van der Waals surface area (Å²) < 4.78 is 0. The van der Waals surface area contributed by atoms with E-state index < -0.39 is 5.97 Å². The first kappa shape index (κ1) is 18.7. The Labute approximate surface area is 122 Å². The number of hydrogen-bond donors (Lipinski definition) is 3. The maximum Gasteiger partial charge on any atom is 0.314 e. The van der Waals surface area contributed by atoms with E-state index in [0.29, 0.717) is 31.3 Å². The second-order valence-corrected chi connectivity index (χ2v) is 5.71. The number of rotatable bonds is 11. The third-order valence-corrected chi connectivity index (χ3v) is 3.43. The number of urea groups is 1. The Morgan fingerprint density at radius 1 is 1.05 bits per heavy atom. The number of amides is 2. The molecular weight excluding hydrogens is 256 g/mol. The standard InChI is InChI=1S/C15H30N2O3/c1-4-13(7-8-14(18)19)9-11-17-15(20)16-10-5-6-12(2)3/h12-13H,4-11H2,1-3H3,(H,18,19)(H2,16,17,20). The molecule has 0 radical (unpaired) electrons. The fourth-order valence-electron chi connectivity index (χ4n) is 2.04. The van der Waals surface area contributed by atoms with Gasteiger partial charge in [0.25, 0.3) is 0 Å². The minimum Gasteiger partial charge on any atom is -0.481 e. The molecule has 5 heteroatoms.